The minimum absolute atomic E-state index is 0.0140. The summed E-state index contributed by atoms with van der Waals surface area (Å²) in [6.07, 6.45) is 3.37. The number of ketones is 1. The second-order valence-electron chi connectivity index (χ2n) is 8.41. The molecule has 1 aliphatic heterocycles. The largest absolute Gasteiger partial charge is 0.497 e. The van der Waals surface area contributed by atoms with Crippen molar-refractivity contribution in [3.63, 3.8) is 0 Å². The van der Waals surface area contributed by atoms with Crippen LogP contribution in [-0.2, 0) is 11.2 Å². The first-order valence-electron chi connectivity index (χ1n) is 10.6. The highest BCUT2D eigenvalue weighted by atomic mass is 16.5. The Labute approximate surface area is 184 Å². The van der Waals surface area contributed by atoms with Crippen LogP contribution in [0.15, 0.2) is 54.7 Å². The molecule has 2 heterocycles. The van der Waals surface area contributed by atoms with Gasteiger partial charge in [-0.25, -0.2) is 9.59 Å². The Morgan fingerprint density at radius 2 is 1.94 bits per heavy atom. The Bertz CT molecular complexity index is 1230. The number of nitrogens with two attached hydrogens (primary N) is 1. The molecule has 2 aliphatic rings. The number of amides is 3. The van der Waals surface area contributed by atoms with E-state index in [2.05, 4.69) is 5.32 Å². The van der Waals surface area contributed by atoms with Crippen LogP contribution in [-0.4, -0.2) is 46.5 Å². The number of para-hydroxylation sites is 1. The Balaban J connectivity index is 1.37. The predicted octanol–water partition coefficient (Wildman–Crippen LogP) is 3.38. The molecule has 164 valence electrons. The number of Topliss-reactive ketones (excluding diaryl/α,β-unsaturated/α-hetero) is 1. The number of hydrogen-bond donors (Lipinski definition) is 2. The second kappa shape index (κ2) is 7.71. The van der Waals surface area contributed by atoms with E-state index in [0.717, 1.165) is 12.0 Å². The molecular weight excluding hydrogens is 408 g/mol. The number of piperidine rings is 1. The average Bonchev–Trinajstić information content (AvgIpc) is 3.29. The molecule has 1 aliphatic carbocycles. The molecule has 8 nitrogen and oxygen atoms in total. The third-order valence-electron chi connectivity index (χ3n) is 6.41. The van der Waals surface area contributed by atoms with Crippen LogP contribution in [0.2, 0.25) is 0 Å². The third kappa shape index (κ3) is 3.47. The first kappa shape index (κ1) is 20.1. The fourth-order valence-electron chi connectivity index (χ4n) is 4.78. The average molecular weight is 432 g/mol. The molecule has 1 saturated heterocycles. The van der Waals surface area contributed by atoms with Gasteiger partial charge in [0.05, 0.1) is 24.4 Å². The van der Waals surface area contributed by atoms with Crippen LogP contribution in [0.1, 0.15) is 18.4 Å². The van der Waals surface area contributed by atoms with Crippen molar-refractivity contribution in [3.05, 3.63) is 60.3 Å². The van der Waals surface area contributed by atoms with E-state index in [1.165, 1.54) is 10.8 Å². The molecule has 0 radical (unpaired) electrons. The lowest BCUT2D eigenvalue weighted by atomic mass is 10.0. The molecule has 32 heavy (non-hydrogen) atoms. The van der Waals surface area contributed by atoms with Gasteiger partial charge >= 0.3 is 12.1 Å². The molecule has 8 heteroatoms. The first-order chi connectivity index (χ1) is 15.5. The van der Waals surface area contributed by atoms with Gasteiger partial charge in [0.2, 0.25) is 0 Å². The van der Waals surface area contributed by atoms with E-state index in [1.54, 1.807) is 24.1 Å². The highest BCUT2D eigenvalue weighted by molar-refractivity contribution is 6.05. The lowest BCUT2D eigenvalue weighted by Crippen LogP contribution is -2.45. The normalized spacial score (nSPS) is 21.3. The number of fused-ring (bicyclic) bond motifs is 2. The standard InChI is InChI=1S/C24H24N4O4/c1-32-16-6-4-5-14(9-16)10-22(29)21-12-15-11-20(15)28(21)24(31)26-18-13-27(23(25)30)19-8-3-2-7-17(18)19/h2-9,13,15,20-21H,10-12H2,1H3,(H2,25,30)(H,26,31)/t15?,20?,21-/m0/s1. The van der Waals surface area contributed by atoms with E-state index < -0.39 is 12.1 Å². The summed E-state index contributed by atoms with van der Waals surface area (Å²) in [6.45, 7) is 0. The Morgan fingerprint density at radius 3 is 2.72 bits per heavy atom. The number of benzene rings is 2. The molecule has 2 unspecified atom stereocenters. The number of ether oxygens (including phenoxy) is 1. The molecule has 0 bridgehead atoms. The van der Waals surface area contributed by atoms with Crippen LogP contribution in [0.3, 0.4) is 0 Å². The molecule has 2 aromatic carbocycles. The molecule has 3 amide bonds. The lowest BCUT2D eigenvalue weighted by molar-refractivity contribution is -0.122. The highest BCUT2D eigenvalue weighted by Crippen LogP contribution is 2.48. The SMILES string of the molecule is COc1cccc(CC(=O)[C@@H]2CC3CC3N2C(=O)Nc2cn(C(N)=O)c3ccccc23)c1. The van der Waals surface area contributed by atoms with Crippen molar-refractivity contribution in [2.75, 3.05) is 12.4 Å². The van der Waals surface area contributed by atoms with Gasteiger partial charge in [-0.3, -0.25) is 9.36 Å². The summed E-state index contributed by atoms with van der Waals surface area (Å²) in [7, 11) is 1.59. The van der Waals surface area contributed by atoms with Gasteiger partial charge in [-0.1, -0.05) is 30.3 Å². The number of methoxy groups -OCH3 is 1. The Morgan fingerprint density at radius 1 is 1.12 bits per heavy atom. The van der Waals surface area contributed by atoms with Gasteiger partial charge < -0.3 is 20.7 Å². The van der Waals surface area contributed by atoms with Gasteiger partial charge in [0.25, 0.3) is 0 Å². The maximum atomic E-state index is 13.3. The molecule has 2 fully saturated rings. The number of primary amides is 1. The number of anilines is 1. The third-order valence-corrected chi connectivity index (χ3v) is 6.41. The minimum atomic E-state index is -0.628. The summed E-state index contributed by atoms with van der Waals surface area (Å²) < 4.78 is 6.55. The maximum absolute atomic E-state index is 13.3. The smallest absolute Gasteiger partial charge is 0.323 e. The zero-order valence-corrected chi connectivity index (χ0v) is 17.7. The minimum Gasteiger partial charge on any atom is -0.497 e. The van der Waals surface area contributed by atoms with Crippen LogP contribution in [0, 0.1) is 5.92 Å². The molecule has 1 aromatic heterocycles. The van der Waals surface area contributed by atoms with Crippen molar-refractivity contribution >= 4 is 34.4 Å². The molecule has 0 spiro atoms. The Hall–Kier alpha value is -3.81. The number of carbonyl (C=O) groups is 3. The van der Waals surface area contributed by atoms with Gasteiger partial charge in [-0.05, 0) is 42.5 Å². The van der Waals surface area contributed by atoms with E-state index >= 15 is 0 Å². The number of urea groups is 1. The second-order valence-corrected chi connectivity index (χ2v) is 8.41. The number of nitrogens with zero attached hydrogens (tertiary/aromatic N) is 2. The predicted molar refractivity (Wildman–Crippen MR) is 120 cm³/mol. The number of rotatable bonds is 5. The van der Waals surface area contributed by atoms with Gasteiger partial charge in [-0.15, -0.1) is 0 Å². The number of carbonyl (C=O) groups excluding carboxylic acids is 3. The Kier molecular flexibility index (Phi) is 4.84. The number of nitrogens with one attached hydrogen (secondary N) is 1. The van der Waals surface area contributed by atoms with E-state index in [9.17, 15) is 14.4 Å². The van der Waals surface area contributed by atoms with Gasteiger partial charge in [0.15, 0.2) is 5.78 Å². The topological polar surface area (TPSA) is 107 Å². The van der Waals surface area contributed by atoms with Crippen molar-refractivity contribution in [2.24, 2.45) is 11.7 Å². The summed E-state index contributed by atoms with van der Waals surface area (Å²) in [5, 5.41) is 3.63. The lowest BCUT2D eigenvalue weighted by Gasteiger charge is -2.27. The van der Waals surface area contributed by atoms with Crippen molar-refractivity contribution in [3.8, 4) is 5.75 Å². The fourth-order valence-corrected chi connectivity index (χ4v) is 4.78. The van der Waals surface area contributed by atoms with E-state index in [4.69, 9.17) is 10.5 Å². The van der Waals surface area contributed by atoms with E-state index in [0.29, 0.717) is 34.7 Å². The van der Waals surface area contributed by atoms with Crippen molar-refractivity contribution in [1.29, 1.82) is 0 Å². The number of likely N-dealkylation sites (tertiary alicyclic amines) is 1. The molecule has 3 N–H and O–H groups in total. The van der Waals surface area contributed by atoms with Crippen molar-refractivity contribution in [2.45, 2.75) is 31.3 Å². The highest BCUT2D eigenvalue weighted by Gasteiger charge is 2.55. The molecule has 3 aromatic rings. The van der Waals surface area contributed by atoms with Crippen LogP contribution in [0.4, 0.5) is 15.3 Å². The summed E-state index contributed by atoms with van der Waals surface area (Å²) in [4.78, 5) is 39.9. The van der Waals surface area contributed by atoms with Crippen LogP contribution in [0.25, 0.3) is 10.9 Å². The zero-order chi connectivity index (χ0) is 22.4. The number of hydrogen-bond acceptors (Lipinski definition) is 4. The monoisotopic (exact) mass is 432 g/mol. The van der Waals surface area contributed by atoms with Gasteiger partial charge in [0.1, 0.15) is 5.75 Å². The molecule has 1 saturated carbocycles. The van der Waals surface area contributed by atoms with E-state index in [1.807, 2.05) is 36.4 Å². The van der Waals surface area contributed by atoms with Crippen molar-refractivity contribution in [1.82, 2.24) is 9.47 Å². The maximum Gasteiger partial charge on any atom is 0.323 e. The summed E-state index contributed by atoms with van der Waals surface area (Å²) in [5.74, 6) is 1.08. The van der Waals surface area contributed by atoms with Crippen LogP contribution in [0.5, 0.6) is 5.75 Å². The van der Waals surface area contributed by atoms with E-state index in [-0.39, 0.29) is 24.3 Å². The fraction of sp³-hybridized carbons (Fsp3) is 0.292. The number of aromatic nitrogens is 1. The quantitative estimate of drug-likeness (QED) is 0.644. The van der Waals surface area contributed by atoms with Gasteiger partial charge in [-0.2, -0.15) is 0 Å². The molecular formula is C24H24N4O4. The van der Waals surface area contributed by atoms with Crippen LogP contribution < -0.4 is 15.8 Å². The summed E-state index contributed by atoms with van der Waals surface area (Å²) in [6, 6.07) is 13.3. The summed E-state index contributed by atoms with van der Waals surface area (Å²) >= 11 is 0. The van der Waals surface area contributed by atoms with Crippen LogP contribution >= 0.6 is 0 Å². The van der Waals surface area contributed by atoms with Gasteiger partial charge in [0, 0.05) is 24.0 Å². The molecule has 5 rings (SSSR count). The van der Waals surface area contributed by atoms with Crippen molar-refractivity contribution < 1.29 is 19.1 Å². The zero-order valence-electron chi connectivity index (χ0n) is 17.7. The first-order valence-corrected chi connectivity index (χ1v) is 10.6. The molecule has 3 atom stereocenters. The summed E-state index contributed by atoms with van der Waals surface area (Å²) in [5.41, 5.74) is 7.45.